The zero-order valence-corrected chi connectivity index (χ0v) is 10.9. The van der Waals surface area contributed by atoms with Crippen LogP contribution in [0.5, 0.6) is 0 Å². The summed E-state index contributed by atoms with van der Waals surface area (Å²) in [6, 6.07) is 0. The van der Waals surface area contributed by atoms with E-state index in [0.717, 1.165) is 38.4 Å². The molecule has 2 saturated heterocycles. The maximum atomic E-state index is 12.1. The van der Waals surface area contributed by atoms with Gasteiger partial charge in [0.15, 0.2) is 0 Å². The minimum absolute atomic E-state index is 0.376. The van der Waals surface area contributed by atoms with E-state index in [0.29, 0.717) is 17.1 Å². The van der Waals surface area contributed by atoms with Gasteiger partial charge in [0.1, 0.15) is 0 Å². The molecule has 1 amide bonds. The molecule has 2 atom stereocenters. The summed E-state index contributed by atoms with van der Waals surface area (Å²) < 4.78 is 0. The molecule has 2 aliphatic heterocycles. The van der Waals surface area contributed by atoms with Crippen LogP contribution in [-0.4, -0.2) is 48.0 Å². The van der Waals surface area contributed by atoms with E-state index >= 15 is 0 Å². The monoisotopic (exact) mass is 242 g/mol. The Balaban J connectivity index is 1.77. The fraction of sp³-hybridized carbons (Fsp3) is 0.917. The lowest BCUT2D eigenvalue weighted by Gasteiger charge is -2.32. The van der Waals surface area contributed by atoms with Gasteiger partial charge in [-0.3, -0.25) is 4.79 Å². The predicted molar refractivity (Wildman–Crippen MR) is 68.7 cm³/mol. The molecule has 0 aromatic heterocycles. The van der Waals surface area contributed by atoms with Crippen molar-refractivity contribution in [1.29, 1.82) is 0 Å². The number of nitrogens with zero attached hydrogens (tertiary/aromatic N) is 1. The van der Waals surface area contributed by atoms with Gasteiger partial charge in [-0.15, -0.1) is 0 Å². The highest BCUT2D eigenvalue weighted by atomic mass is 32.2. The molecule has 0 bridgehead atoms. The number of thioether (sulfide) groups is 1. The van der Waals surface area contributed by atoms with E-state index in [2.05, 4.69) is 17.1 Å². The molecule has 2 rings (SSSR count). The molecule has 2 unspecified atom stereocenters. The molecule has 0 saturated carbocycles. The first-order chi connectivity index (χ1) is 7.75. The molecule has 16 heavy (non-hydrogen) atoms. The number of carbonyl (C=O) groups is 1. The standard InChI is InChI=1S/C12H22N2OS/c1-10-9-14(5-6-16-10)12(15)7-11-3-2-4-13-8-11/h10-11,13H,2-9H2,1H3. The molecule has 0 aromatic carbocycles. The lowest BCUT2D eigenvalue weighted by atomic mass is 9.95. The first kappa shape index (κ1) is 12.2. The minimum Gasteiger partial charge on any atom is -0.341 e. The molecule has 2 aliphatic rings. The van der Waals surface area contributed by atoms with Crippen LogP contribution in [0.2, 0.25) is 0 Å². The highest BCUT2D eigenvalue weighted by Gasteiger charge is 2.24. The van der Waals surface area contributed by atoms with Gasteiger partial charge in [0.05, 0.1) is 0 Å². The van der Waals surface area contributed by atoms with Crippen LogP contribution in [0.1, 0.15) is 26.2 Å². The SMILES string of the molecule is CC1CN(C(=O)CC2CCCNC2)CCS1. The highest BCUT2D eigenvalue weighted by Crippen LogP contribution is 2.21. The van der Waals surface area contributed by atoms with Crippen LogP contribution >= 0.6 is 11.8 Å². The van der Waals surface area contributed by atoms with Crippen LogP contribution in [0, 0.1) is 5.92 Å². The largest absolute Gasteiger partial charge is 0.341 e. The second-order valence-corrected chi connectivity index (χ2v) is 6.48. The quantitative estimate of drug-likeness (QED) is 0.793. The van der Waals surface area contributed by atoms with E-state index in [4.69, 9.17) is 0 Å². The molecule has 0 spiro atoms. The van der Waals surface area contributed by atoms with Crippen LogP contribution in [0.4, 0.5) is 0 Å². The van der Waals surface area contributed by atoms with Gasteiger partial charge in [0.2, 0.25) is 5.91 Å². The van der Waals surface area contributed by atoms with Crippen LogP contribution in [0.3, 0.4) is 0 Å². The Bertz CT molecular complexity index is 241. The normalized spacial score (nSPS) is 31.4. The van der Waals surface area contributed by atoms with Crippen molar-refractivity contribution < 1.29 is 4.79 Å². The fourth-order valence-electron chi connectivity index (χ4n) is 2.52. The third-order valence-electron chi connectivity index (χ3n) is 3.46. The van der Waals surface area contributed by atoms with Crippen molar-refractivity contribution in [2.24, 2.45) is 5.92 Å². The van der Waals surface area contributed by atoms with Gasteiger partial charge >= 0.3 is 0 Å². The molecular formula is C12H22N2OS. The first-order valence-electron chi connectivity index (χ1n) is 6.36. The summed E-state index contributed by atoms with van der Waals surface area (Å²) in [7, 11) is 0. The lowest BCUT2D eigenvalue weighted by molar-refractivity contribution is -0.132. The molecule has 4 heteroatoms. The minimum atomic E-state index is 0.376. The molecular weight excluding hydrogens is 220 g/mol. The third kappa shape index (κ3) is 3.39. The number of hydrogen-bond donors (Lipinski definition) is 1. The van der Waals surface area contributed by atoms with E-state index in [1.54, 1.807) is 0 Å². The predicted octanol–water partition coefficient (Wildman–Crippen LogP) is 1.34. The van der Waals surface area contributed by atoms with Crippen LogP contribution in [-0.2, 0) is 4.79 Å². The molecule has 1 N–H and O–H groups in total. The summed E-state index contributed by atoms with van der Waals surface area (Å²) in [6.45, 7) is 6.27. The van der Waals surface area contributed by atoms with Gasteiger partial charge in [-0.2, -0.15) is 11.8 Å². The Morgan fingerprint density at radius 1 is 1.56 bits per heavy atom. The Morgan fingerprint density at radius 3 is 3.12 bits per heavy atom. The van der Waals surface area contributed by atoms with Crippen LogP contribution < -0.4 is 5.32 Å². The van der Waals surface area contributed by atoms with E-state index in [1.165, 1.54) is 12.8 Å². The summed E-state index contributed by atoms with van der Waals surface area (Å²) in [5.74, 6) is 2.06. The maximum absolute atomic E-state index is 12.1. The summed E-state index contributed by atoms with van der Waals surface area (Å²) in [5.41, 5.74) is 0. The van der Waals surface area contributed by atoms with E-state index < -0.39 is 0 Å². The molecule has 0 radical (unpaired) electrons. The summed E-state index contributed by atoms with van der Waals surface area (Å²) in [5, 5.41) is 3.99. The van der Waals surface area contributed by atoms with Crippen LogP contribution in [0.15, 0.2) is 0 Å². The van der Waals surface area contributed by atoms with Crippen molar-refractivity contribution in [1.82, 2.24) is 10.2 Å². The summed E-state index contributed by atoms with van der Waals surface area (Å²) in [4.78, 5) is 14.2. The van der Waals surface area contributed by atoms with E-state index in [1.807, 2.05) is 11.8 Å². The average Bonchev–Trinajstić information content (AvgIpc) is 2.30. The number of rotatable bonds is 2. The summed E-state index contributed by atoms with van der Waals surface area (Å²) in [6.07, 6.45) is 3.20. The van der Waals surface area contributed by atoms with Crippen molar-refractivity contribution in [2.45, 2.75) is 31.4 Å². The lowest BCUT2D eigenvalue weighted by Crippen LogP contribution is -2.43. The first-order valence-corrected chi connectivity index (χ1v) is 7.40. The Kier molecular flexibility index (Phi) is 4.53. The van der Waals surface area contributed by atoms with Gasteiger partial charge < -0.3 is 10.2 Å². The van der Waals surface area contributed by atoms with Crippen molar-refractivity contribution in [3.8, 4) is 0 Å². The number of nitrogens with one attached hydrogen (secondary N) is 1. The van der Waals surface area contributed by atoms with Gasteiger partial charge in [-0.1, -0.05) is 6.92 Å². The molecule has 92 valence electrons. The molecule has 2 heterocycles. The smallest absolute Gasteiger partial charge is 0.222 e. The zero-order chi connectivity index (χ0) is 11.4. The van der Waals surface area contributed by atoms with Gasteiger partial charge in [0, 0.05) is 30.5 Å². The van der Waals surface area contributed by atoms with Crippen molar-refractivity contribution in [3.63, 3.8) is 0 Å². The van der Waals surface area contributed by atoms with Gasteiger partial charge in [0.25, 0.3) is 0 Å². The topological polar surface area (TPSA) is 32.3 Å². The van der Waals surface area contributed by atoms with Crippen LogP contribution in [0.25, 0.3) is 0 Å². The molecule has 0 aromatic rings. The van der Waals surface area contributed by atoms with Crippen molar-refractivity contribution in [3.05, 3.63) is 0 Å². The fourth-order valence-corrected chi connectivity index (χ4v) is 3.53. The number of amides is 1. The van der Waals surface area contributed by atoms with E-state index in [-0.39, 0.29) is 0 Å². The maximum Gasteiger partial charge on any atom is 0.222 e. The zero-order valence-electron chi connectivity index (χ0n) is 10.1. The number of hydrogen-bond acceptors (Lipinski definition) is 3. The van der Waals surface area contributed by atoms with E-state index in [9.17, 15) is 4.79 Å². The Labute approximate surface area is 102 Å². The van der Waals surface area contributed by atoms with Crippen molar-refractivity contribution in [2.75, 3.05) is 31.9 Å². The number of carbonyl (C=O) groups excluding carboxylic acids is 1. The molecule has 0 aliphatic carbocycles. The second kappa shape index (κ2) is 5.92. The molecule has 2 fully saturated rings. The second-order valence-electron chi connectivity index (χ2n) is 4.94. The Hall–Kier alpha value is -0.220. The van der Waals surface area contributed by atoms with Crippen molar-refractivity contribution >= 4 is 17.7 Å². The highest BCUT2D eigenvalue weighted by molar-refractivity contribution is 7.99. The Morgan fingerprint density at radius 2 is 2.44 bits per heavy atom. The number of piperidine rings is 1. The van der Waals surface area contributed by atoms with Gasteiger partial charge in [-0.05, 0) is 31.8 Å². The molecule has 3 nitrogen and oxygen atoms in total. The summed E-state index contributed by atoms with van der Waals surface area (Å²) >= 11 is 1.98. The average molecular weight is 242 g/mol. The third-order valence-corrected chi connectivity index (χ3v) is 4.59. The van der Waals surface area contributed by atoms with Gasteiger partial charge in [-0.25, -0.2) is 0 Å².